The zero-order valence-electron chi connectivity index (χ0n) is 19.4. The van der Waals surface area contributed by atoms with Crippen LogP contribution >= 0.6 is 0 Å². The Balaban J connectivity index is 1.66. The van der Waals surface area contributed by atoms with Crippen LogP contribution in [-0.2, 0) is 21.8 Å². The molecular weight excluding hydrogens is 432 g/mol. The van der Waals surface area contributed by atoms with Crippen LogP contribution in [0.2, 0.25) is 0 Å². The number of rotatable bonds is 7. The highest BCUT2D eigenvalue weighted by atomic mass is 16.7. The number of aromatic nitrogens is 1. The summed E-state index contributed by atoms with van der Waals surface area (Å²) in [6.07, 6.45) is 3.60. The number of carbonyl (C=O) groups is 1. The summed E-state index contributed by atoms with van der Waals surface area (Å²) in [5.74, 6) is 0.291. The third-order valence-electron chi connectivity index (χ3n) is 6.07. The van der Waals surface area contributed by atoms with Crippen LogP contribution in [0.4, 0.5) is 11.4 Å². The van der Waals surface area contributed by atoms with Crippen LogP contribution in [0, 0.1) is 0 Å². The molecule has 1 saturated heterocycles. The highest BCUT2D eigenvalue weighted by molar-refractivity contribution is 5.98. The van der Waals surface area contributed by atoms with E-state index in [0.717, 1.165) is 22.3 Å². The zero-order chi connectivity index (χ0) is 23.7. The lowest BCUT2D eigenvalue weighted by atomic mass is 10.1. The summed E-state index contributed by atoms with van der Waals surface area (Å²) in [4.78, 5) is 18.3. The zero-order valence-corrected chi connectivity index (χ0v) is 19.4. The van der Waals surface area contributed by atoms with Gasteiger partial charge < -0.3 is 23.5 Å². The predicted octanol–water partition coefficient (Wildman–Crippen LogP) is 5.60. The second-order valence-corrected chi connectivity index (χ2v) is 8.33. The molecule has 3 heterocycles. The lowest BCUT2D eigenvalue weighted by Crippen LogP contribution is -2.21. The summed E-state index contributed by atoms with van der Waals surface area (Å²) < 4.78 is 23.5. The number of Topliss-reactive ketones (excluding diaryl/α,β-unsaturated/α-hetero) is 1. The van der Waals surface area contributed by atoms with Crippen LogP contribution in [0.25, 0.3) is 11.0 Å². The highest BCUT2D eigenvalue weighted by Gasteiger charge is 2.37. The fourth-order valence-electron chi connectivity index (χ4n) is 4.23. The first-order valence-electron chi connectivity index (χ1n) is 11.1. The van der Waals surface area contributed by atoms with E-state index in [4.69, 9.17) is 18.6 Å². The minimum absolute atomic E-state index is 0.0291. The van der Waals surface area contributed by atoms with Crippen molar-refractivity contribution in [2.45, 2.75) is 26.2 Å². The molecule has 0 spiro atoms. The van der Waals surface area contributed by atoms with Gasteiger partial charge in [0.2, 0.25) is 5.79 Å². The summed E-state index contributed by atoms with van der Waals surface area (Å²) in [7, 11) is 1.62. The molecule has 4 aromatic rings. The molecule has 7 heteroatoms. The van der Waals surface area contributed by atoms with Crippen molar-refractivity contribution < 1.29 is 23.4 Å². The third-order valence-corrected chi connectivity index (χ3v) is 6.07. The molecule has 0 unspecified atom stereocenters. The van der Waals surface area contributed by atoms with Crippen LogP contribution in [0.15, 0.2) is 71.4 Å². The van der Waals surface area contributed by atoms with Crippen LogP contribution in [0.1, 0.15) is 35.5 Å². The van der Waals surface area contributed by atoms with Gasteiger partial charge in [-0.1, -0.05) is 6.07 Å². The number of carbonyl (C=O) groups excluding carboxylic acids is 1. The van der Waals surface area contributed by atoms with Crippen LogP contribution in [-0.4, -0.2) is 31.1 Å². The van der Waals surface area contributed by atoms with Gasteiger partial charge >= 0.3 is 0 Å². The normalized spacial score (nSPS) is 14.9. The maximum absolute atomic E-state index is 11.8. The van der Waals surface area contributed by atoms with E-state index in [2.05, 4.69) is 9.88 Å². The molecule has 34 heavy (non-hydrogen) atoms. The molecule has 2 aromatic carbocycles. The molecule has 0 radical (unpaired) electrons. The minimum Gasteiger partial charge on any atom is -0.493 e. The number of hydrogen-bond donors (Lipinski definition) is 0. The Labute approximate surface area is 197 Å². The monoisotopic (exact) mass is 458 g/mol. The fraction of sp³-hybridized carbons (Fsp3) is 0.259. The van der Waals surface area contributed by atoms with Crippen molar-refractivity contribution >= 4 is 28.1 Å². The van der Waals surface area contributed by atoms with Crippen LogP contribution in [0.3, 0.4) is 0 Å². The maximum Gasteiger partial charge on any atom is 0.225 e. The second kappa shape index (κ2) is 8.93. The number of methoxy groups -OCH3 is 1. The fourth-order valence-corrected chi connectivity index (χ4v) is 4.23. The first-order chi connectivity index (χ1) is 16.5. The Morgan fingerprint density at radius 1 is 1.12 bits per heavy atom. The third kappa shape index (κ3) is 4.04. The Morgan fingerprint density at radius 2 is 1.88 bits per heavy atom. The number of anilines is 2. The number of pyridine rings is 1. The van der Waals surface area contributed by atoms with Gasteiger partial charge in [0, 0.05) is 35.6 Å². The SMILES string of the molecule is COc1ccc(N(Cc2cccnc2)c2ccc(C(C)=O)cc2)c2cc(C3(C)OCCO3)oc12. The molecule has 0 bridgehead atoms. The van der Waals surface area contributed by atoms with Gasteiger partial charge in [-0.15, -0.1) is 0 Å². The summed E-state index contributed by atoms with van der Waals surface area (Å²) in [6.45, 7) is 5.01. The average molecular weight is 459 g/mol. The number of ether oxygens (including phenoxy) is 3. The minimum atomic E-state index is -0.946. The molecule has 0 amide bonds. The van der Waals surface area contributed by atoms with Crippen molar-refractivity contribution in [3.05, 3.63) is 83.9 Å². The molecule has 1 aliphatic rings. The summed E-state index contributed by atoms with van der Waals surface area (Å²) >= 11 is 0. The topological polar surface area (TPSA) is 74.0 Å². The van der Waals surface area contributed by atoms with Gasteiger partial charge in [-0.2, -0.15) is 0 Å². The smallest absolute Gasteiger partial charge is 0.225 e. The summed E-state index contributed by atoms with van der Waals surface area (Å²) in [6, 6.07) is 17.4. The Morgan fingerprint density at radius 3 is 2.53 bits per heavy atom. The molecule has 0 aliphatic carbocycles. The molecule has 1 fully saturated rings. The largest absolute Gasteiger partial charge is 0.493 e. The van der Waals surface area contributed by atoms with Crippen molar-refractivity contribution in [1.29, 1.82) is 0 Å². The van der Waals surface area contributed by atoms with E-state index < -0.39 is 5.79 Å². The summed E-state index contributed by atoms with van der Waals surface area (Å²) in [5.41, 5.74) is 4.18. The van der Waals surface area contributed by atoms with E-state index in [1.807, 2.05) is 67.7 Å². The number of hydrogen-bond acceptors (Lipinski definition) is 7. The van der Waals surface area contributed by atoms with E-state index in [9.17, 15) is 4.79 Å². The molecule has 5 rings (SSSR count). The van der Waals surface area contributed by atoms with E-state index in [1.165, 1.54) is 0 Å². The molecule has 174 valence electrons. The second-order valence-electron chi connectivity index (χ2n) is 8.33. The van der Waals surface area contributed by atoms with Crippen molar-refractivity contribution in [3.8, 4) is 5.75 Å². The quantitative estimate of drug-likeness (QED) is 0.334. The van der Waals surface area contributed by atoms with Gasteiger partial charge in [-0.05, 0) is 67.9 Å². The van der Waals surface area contributed by atoms with Crippen LogP contribution < -0.4 is 9.64 Å². The van der Waals surface area contributed by atoms with Gasteiger partial charge in [-0.3, -0.25) is 9.78 Å². The van der Waals surface area contributed by atoms with E-state index in [0.29, 0.717) is 42.4 Å². The molecule has 7 nitrogen and oxygen atoms in total. The number of nitrogens with zero attached hydrogens (tertiary/aromatic N) is 2. The maximum atomic E-state index is 11.8. The average Bonchev–Trinajstić information content (AvgIpc) is 3.51. The lowest BCUT2D eigenvalue weighted by Gasteiger charge is -2.26. The number of fused-ring (bicyclic) bond motifs is 1. The number of ketones is 1. The van der Waals surface area contributed by atoms with Gasteiger partial charge in [0.05, 0.1) is 26.0 Å². The summed E-state index contributed by atoms with van der Waals surface area (Å²) in [5, 5.41) is 0.870. The molecule has 1 aliphatic heterocycles. The molecule has 0 atom stereocenters. The lowest BCUT2D eigenvalue weighted by molar-refractivity contribution is -0.162. The molecule has 0 N–H and O–H groups in total. The number of furan rings is 1. The first-order valence-corrected chi connectivity index (χ1v) is 11.1. The van der Waals surface area contributed by atoms with E-state index >= 15 is 0 Å². The van der Waals surface area contributed by atoms with Crippen molar-refractivity contribution in [1.82, 2.24) is 4.98 Å². The van der Waals surface area contributed by atoms with E-state index in [1.54, 1.807) is 20.2 Å². The number of benzene rings is 2. The van der Waals surface area contributed by atoms with Crippen molar-refractivity contribution in [2.75, 3.05) is 25.2 Å². The Hall–Kier alpha value is -3.68. The standard InChI is InChI=1S/C27H26N2O5/c1-18(30)20-6-8-21(9-7-20)29(17-19-5-4-12-28-16-19)23-10-11-24(31-3)26-22(23)15-25(34-26)27(2)32-13-14-33-27/h4-12,15-16H,13-14,17H2,1-3H3. The molecule has 2 aromatic heterocycles. The van der Waals surface area contributed by atoms with Gasteiger partial charge in [-0.25, -0.2) is 0 Å². The Bertz CT molecular complexity index is 1310. The molecular formula is C27H26N2O5. The first kappa shape index (κ1) is 22.1. The van der Waals surface area contributed by atoms with Crippen molar-refractivity contribution in [3.63, 3.8) is 0 Å². The Kier molecular flexibility index (Phi) is 5.81. The van der Waals surface area contributed by atoms with Crippen molar-refractivity contribution in [2.24, 2.45) is 0 Å². The molecule has 0 saturated carbocycles. The van der Waals surface area contributed by atoms with E-state index in [-0.39, 0.29) is 5.78 Å². The highest BCUT2D eigenvalue weighted by Crippen LogP contribution is 2.43. The van der Waals surface area contributed by atoms with Crippen LogP contribution in [0.5, 0.6) is 5.75 Å². The van der Waals surface area contributed by atoms with Gasteiger partial charge in [0.15, 0.2) is 22.9 Å². The van der Waals surface area contributed by atoms with Gasteiger partial charge in [0.25, 0.3) is 0 Å². The predicted molar refractivity (Wildman–Crippen MR) is 129 cm³/mol. The van der Waals surface area contributed by atoms with Gasteiger partial charge in [0.1, 0.15) is 0 Å².